The van der Waals surface area contributed by atoms with Gasteiger partial charge in [0.15, 0.2) is 0 Å². The number of rotatable bonds is 6. The Morgan fingerprint density at radius 2 is 1.91 bits per heavy atom. The number of hydrogen-bond acceptors (Lipinski definition) is 6. The van der Waals surface area contributed by atoms with Crippen molar-refractivity contribution in [1.82, 2.24) is 10.2 Å². The van der Waals surface area contributed by atoms with Crippen molar-refractivity contribution in [1.29, 1.82) is 0 Å². The van der Waals surface area contributed by atoms with Crippen LogP contribution in [0.15, 0.2) is 64.7 Å². The number of anilines is 1. The van der Waals surface area contributed by atoms with Gasteiger partial charge in [-0.25, -0.2) is 9.69 Å². The van der Waals surface area contributed by atoms with Gasteiger partial charge in [0.25, 0.3) is 11.6 Å². The summed E-state index contributed by atoms with van der Waals surface area (Å²) in [5, 5.41) is 16.3. The molecule has 0 saturated carbocycles. The molecular formula is C23H17ClN4O6. The van der Waals surface area contributed by atoms with Gasteiger partial charge >= 0.3 is 6.03 Å². The van der Waals surface area contributed by atoms with Crippen LogP contribution < -0.4 is 10.6 Å². The maximum Gasteiger partial charge on any atom is 0.329 e. The molecule has 0 radical (unpaired) electrons. The van der Waals surface area contributed by atoms with E-state index < -0.39 is 29.3 Å². The van der Waals surface area contributed by atoms with E-state index >= 15 is 0 Å². The number of non-ortho nitro benzene ring substituents is 1. The van der Waals surface area contributed by atoms with Crippen molar-refractivity contribution < 1.29 is 23.7 Å². The normalized spacial score (nSPS) is 14.4. The third kappa shape index (κ3) is 4.81. The highest BCUT2D eigenvalue weighted by Crippen LogP contribution is 2.33. The van der Waals surface area contributed by atoms with E-state index in [0.29, 0.717) is 11.3 Å². The second-order valence-electron chi connectivity index (χ2n) is 7.42. The smallest absolute Gasteiger partial charge is 0.329 e. The molecule has 1 aromatic heterocycles. The van der Waals surface area contributed by atoms with Crippen LogP contribution in [-0.2, 0) is 9.59 Å². The fourth-order valence-electron chi connectivity index (χ4n) is 3.23. The molecule has 4 amide bonds. The third-order valence-electron chi connectivity index (χ3n) is 4.94. The second-order valence-corrected chi connectivity index (χ2v) is 7.82. The number of amides is 4. The van der Waals surface area contributed by atoms with E-state index in [1.54, 1.807) is 12.1 Å². The Hall–Kier alpha value is -4.44. The van der Waals surface area contributed by atoms with Gasteiger partial charge in [-0.1, -0.05) is 29.3 Å². The molecule has 4 rings (SSSR count). The van der Waals surface area contributed by atoms with Gasteiger partial charge in [0, 0.05) is 29.5 Å². The average molecular weight is 481 g/mol. The summed E-state index contributed by atoms with van der Waals surface area (Å²) >= 11 is 6.14. The monoisotopic (exact) mass is 480 g/mol. The lowest BCUT2D eigenvalue weighted by Gasteiger charge is -2.12. The summed E-state index contributed by atoms with van der Waals surface area (Å²) in [6.45, 7) is 1.44. The summed E-state index contributed by atoms with van der Waals surface area (Å²) in [7, 11) is 0. The van der Waals surface area contributed by atoms with Gasteiger partial charge in [-0.2, -0.15) is 0 Å². The van der Waals surface area contributed by atoms with Gasteiger partial charge in [-0.05, 0) is 37.3 Å². The maximum absolute atomic E-state index is 12.7. The highest BCUT2D eigenvalue weighted by molar-refractivity contribution is 6.33. The molecule has 1 saturated heterocycles. The van der Waals surface area contributed by atoms with Crippen molar-refractivity contribution in [2.45, 2.75) is 6.92 Å². The van der Waals surface area contributed by atoms with Crippen LogP contribution in [0.4, 0.5) is 16.2 Å². The van der Waals surface area contributed by atoms with E-state index in [4.69, 9.17) is 16.0 Å². The number of benzene rings is 2. The SMILES string of the molecule is Cc1ccc(NC(=O)CN2C(=O)N/C(=C/c3ccc(-c4cc([N+](=O)[O-])ccc4Cl)o3)C2=O)cc1. The standard InChI is InChI=1S/C23H17ClN4O6/c1-13-2-4-14(5-3-13)25-21(29)12-27-22(30)19(26-23(27)31)11-16-7-9-20(34-16)17-10-15(28(32)33)6-8-18(17)24/h2-11H,12H2,1H3,(H,25,29)(H,26,31)/b19-11+. The van der Waals surface area contributed by atoms with Crippen LogP contribution in [0, 0.1) is 17.0 Å². The first-order valence-electron chi connectivity index (χ1n) is 9.96. The lowest BCUT2D eigenvalue weighted by molar-refractivity contribution is -0.384. The zero-order valence-corrected chi connectivity index (χ0v) is 18.5. The molecule has 1 aliphatic rings. The molecule has 10 nitrogen and oxygen atoms in total. The quantitative estimate of drug-likeness (QED) is 0.233. The number of aryl methyl sites for hydroxylation is 1. The van der Waals surface area contributed by atoms with E-state index in [0.717, 1.165) is 10.5 Å². The average Bonchev–Trinajstić information content (AvgIpc) is 3.35. The maximum atomic E-state index is 12.7. The predicted molar refractivity (Wildman–Crippen MR) is 124 cm³/mol. The molecule has 0 atom stereocenters. The molecule has 34 heavy (non-hydrogen) atoms. The first kappa shape index (κ1) is 22.7. The molecule has 2 heterocycles. The van der Waals surface area contributed by atoms with Crippen LogP contribution in [0.2, 0.25) is 5.02 Å². The van der Waals surface area contributed by atoms with Gasteiger partial charge in [0.2, 0.25) is 5.91 Å². The van der Waals surface area contributed by atoms with Gasteiger partial charge in [-0.3, -0.25) is 19.7 Å². The molecule has 0 unspecified atom stereocenters. The molecule has 172 valence electrons. The molecule has 11 heteroatoms. The Kier molecular flexibility index (Phi) is 6.15. The second kappa shape index (κ2) is 9.20. The summed E-state index contributed by atoms with van der Waals surface area (Å²) in [6.07, 6.45) is 1.30. The van der Waals surface area contributed by atoms with Gasteiger partial charge in [-0.15, -0.1) is 0 Å². The van der Waals surface area contributed by atoms with Crippen molar-refractivity contribution >= 4 is 46.9 Å². The molecule has 0 aliphatic carbocycles. The largest absolute Gasteiger partial charge is 0.457 e. The van der Waals surface area contributed by atoms with Gasteiger partial charge < -0.3 is 15.1 Å². The number of nitro benzene ring substituents is 1. The Morgan fingerprint density at radius 1 is 1.18 bits per heavy atom. The zero-order chi connectivity index (χ0) is 24.4. The summed E-state index contributed by atoms with van der Waals surface area (Å²) in [5.41, 5.74) is 1.63. The van der Waals surface area contributed by atoms with Crippen LogP contribution in [-0.4, -0.2) is 34.2 Å². The van der Waals surface area contributed by atoms with Crippen LogP contribution in [0.25, 0.3) is 17.4 Å². The van der Waals surface area contributed by atoms with Crippen LogP contribution in [0.3, 0.4) is 0 Å². The summed E-state index contributed by atoms with van der Waals surface area (Å²) in [4.78, 5) is 48.5. The lowest BCUT2D eigenvalue weighted by Crippen LogP contribution is -2.38. The number of nitrogens with one attached hydrogen (secondary N) is 2. The number of hydrogen-bond donors (Lipinski definition) is 2. The first-order valence-corrected chi connectivity index (χ1v) is 10.3. The van der Waals surface area contributed by atoms with E-state index in [1.165, 1.54) is 36.4 Å². The van der Waals surface area contributed by atoms with E-state index in [9.17, 15) is 24.5 Å². The Balaban J connectivity index is 1.48. The Labute approximate surface area is 197 Å². The zero-order valence-electron chi connectivity index (χ0n) is 17.7. The minimum atomic E-state index is -0.746. The number of furan rings is 1. The van der Waals surface area contributed by atoms with Crippen LogP contribution in [0.1, 0.15) is 11.3 Å². The van der Waals surface area contributed by atoms with Gasteiger partial charge in [0.05, 0.1) is 9.95 Å². The predicted octanol–water partition coefficient (Wildman–Crippen LogP) is 4.35. The fourth-order valence-corrected chi connectivity index (χ4v) is 3.44. The summed E-state index contributed by atoms with van der Waals surface area (Å²) in [5.74, 6) is -0.788. The summed E-state index contributed by atoms with van der Waals surface area (Å²) in [6, 6.07) is 13.3. The van der Waals surface area contributed by atoms with Crippen molar-refractivity contribution in [3.8, 4) is 11.3 Å². The number of carbonyl (C=O) groups excluding carboxylic acids is 3. The minimum absolute atomic E-state index is 0.0841. The van der Waals surface area contributed by atoms with E-state index in [2.05, 4.69) is 10.6 Å². The van der Waals surface area contributed by atoms with Crippen molar-refractivity contribution in [3.05, 3.63) is 86.8 Å². The molecule has 2 aromatic carbocycles. The Bertz CT molecular complexity index is 1350. The fraction of sp³-hybridized carbons (Fsp3) is 0.0870. The number of imide groups is 1. The topological polar surface area (TPSA) is 135 Å². The lowest BCUT2D eigenvalue weighted by atomic mass is 10.1. The van der Waals surface area contributed by atoms with Gasteiger partial charge in [0.1, 0.15) is 23.8 Å². The number of halogens is 1. The van der Waals surface area contributed by atoms with Crippen molar-refractivity contribution in [2.75, 3.05) is 11.9 Å². The highest BCUT2D eigenvalue weighted by atomic mass is 35.5. The molecule has 1 aliphatic heterocycles. The van der Waals surface area contributed by atoms with Crippen LogP contribution in [0.5, 0.6) is 0 Å². The summed E-state index contributed by atoms with van der Waals surface area (Å²) < 4.78 is 5.65. The molecular weight excluding hydrogens is 464 g/mol. The molecule has 1 fully saturated rings. The Morgan fingerprint density at radius 3 is 2.62 bits per heavy atom. The highest BCUT2D eigenvalue weighted by Gasteiger charge is 2.35. The van der Waals surface area contributed by atoms with E-state index in [-0.39, 0.29) is 27.9 Å². The van der Waals surface area contributed by atoms with Crippen molar-refractivity contribution in [2.24, 2.45) is 0 Å². The molecule has 0 spiro atoms. The van der Waals surface area contributed by atoms with Crippen molar-refractivity contribution in [3.63, 3.8) is 0 Å². The number of carbonyl (C=O) groups is 3. The number of urea groups is 1. The molecule has 2 N–H and O–H groups in total. The molecule has 0 bridgehead atoms. The van der Waals surface area contributed by atoms with E-state index in [1.807, 2.05) is 19.1 Å². The van der Waals surface area contributed by atoms with Crippen LogP contribution >= 0.6 is 11.6 Å². The number of nitro groups is 1. The third-order valence-corrected chi connectivity index (χ3v) is 5.27. The number of nitrogens with zero attached hydrogens (tertiary/aromatic N) is 2. The first-order chi connectivity index (χ1) is 16.2. The molecule has 3 aromatic rings. The minimum Gasteiger partial charge on any atom is -0.457 e.